The molecule has 10 heteroatoms. The van der Waals surface area contributed by atoms with Gasteiger partial charge in [-0.25, -0.2) is 0 Å². The van der Waals surface area contributed by atoms with E-state index in [2.05, 4.69) is 15.2 Å². The van der Waals surface area contributed by atoms with Crippen molar-refractivity contribution in [2.75, 3.05) is 58.6 Å². The molecule has 1 N–H and O–H groups in total. The zero-order valence-corrected chi connectivity index (χ0v) is 17.2. The summed E-state index contributed by atoms with van der Waals surface area (Å²) >= 11 is 1.43. The molecule has 29 heavy (non-hydrogen) atoms. The number of nitrogens with one attached hydrogen (secondary N) is 1. The zero-order chi connectivity index (χ0) is 20.3. The van der Waals surface area contributed by atoms with Gasteiger partial charge in [-0.15, -0.1) is 10.2 Å². The molecule has 3 rings (SSSR count). The fourth-order valence-corrected chi connectivity index (χ4v) is 3.10. The van der Waals surface area contributed by atoms with Crippen molar-refractivity contribution in [3.63, 3.8) is 0 Å². The lowest BCUT2D eigenvalue weighted by molar-refractivity contribution is 0.00708. The molecule has 0 saturated carbocycles. The van der Waals surface area contributed by atoms with Crippen molar-refractivity contribution >= 4 is 11.8 Å². The summed E-state index contributed by atoms with van der Waals surface area (Å²) in [6.07, 6.45) is 0. The average molecular weight is 423 g/mol. The number of hydrogen-bond donors (Lipinski definition) is 1. The van der Waals surface area contributed by atoms with E-state index in [0.29, 0.717) is 75.1 Å². The van der Waals surface area contributed by atoms with Crippen LogP contribution >= 0.6 is 11.8 Å². The largest absolute Gasteiger partial charge is 0.487 e. The van der Waals surface area contributed by atoms with Crippen LogP contribution in [-0.4, -0.2) is 73.8 Å². The maximum absolute atomic E-state index is 12.4. The Morgan fingerprint density at radius 3 is 2.14 bits per heavy atom. The molecule has 1 aliphatic rings. The molecule has 0 atom stereocenters. The van der Waals surface area contributed by atoms with Crippen molar-refractivity contribution < 1.29 is 23.7 Å². The lowest BCUT2D eigenvalue weighted by Crippen LogP contribution is -2.14. The molecular weight excluding hydrogens is 398 g/mol. The molecule has 158 valence electrons. The highest BCUT2D eigenvalue weighted by molar-refractivity contribution is 7.99. The second-order valence-electron chi connectivity index (χ2n) is 5.94. The quantitative estimate of drug-likeness (QED) is 0.739. The molecule has 0 saturated heterocycles. The first-order valence-electron chi connectivity index (χ1n) is 9.51. The van der Waals surface area contributed by atoms with Crippen molar-refractivity contribution in [1.82, 2.24) is 15.2 Å². The van der Waals surface area contributed by atoms with Crippen LogP contribution in [-0.2, 0) is 14.2 Å². The fourth-order valence-electron chi connectivity index (χ4n) is 2.56. The van der Waals surface area contributed by atoms with Gasteiger partial charge in [0.05, 0.1) is 39.6 Å². The lowest BCUT2D eigenvalue weighted by Gasteiger charge is -2.14. The molecule has 1 aromatic heterocycles. The summed E-state index contributed by atoms with van der Waals surface area (Å²) in [6.45, 7) is 5.54. The average Bonchev–Trinajstić information content (AvgIpc) is 2.73. The van der Waals surface area contributed by atoms with E-state index in [-0.39, 0.29) is 11.3 Å². The van der Waals surface area contributed by atoms with E-state index in [0.717, 1.165) is 5.75 Å². The minimum Gasteiger partial charge on any atom is -0.487 e. The first kappa shape index (κ1) is 21.6. The number of rotatable bonds is 3. The van der Waals surface area contributed by atoms with Crippen molar-refractivity contribution in [2.24, 2.45) is 0 Å². The van der Waals surface area contributed by atoms with E-state index in [4.69, 9.17) is 23.7 Å². The second kappa shape index (κ2) is 11.8. The van der Waals surface area contributed by atoms with E-state index in [1.807, 2.05) is 6.92 Å². The van der Waals surface area contributed by atoms with Crippen LogP contribution in [0.2, 0.25) is 0 Å². The summed E-state index contributed by atoms with van der Waals surface area (Å²) < 4.78 is 28.0. The normalized spacial score (nSPS) is 16.6. The van der Waals surface area contributed by atoms with Crippen LogP contribution in [0.1, 0.15) is 6.92 Å². The molecule has 2 aromatic rings. The predicted molar refractivity (Wildman–Crippen MR) is 108 cm³/mol. The Morgan fingerprint density at radius 2 is 1.52 bits per heavy atom. The van der Waals surface area contributed by atoms with Crippen LogP contribution in [0.15, 0.2) is 28.2 Å². The number of hydrogen-bond acceptors (Lipinski definition) is 9. The highest BCUT2D eigenvalue weighted by Crippen LogP contribution is 2.31. The van der Waals surface area contributed by atoms with Gasteiger partial charge in [-0.1, -0.05) is 18.7 Å². The third kappa shape index (κ3) is 6.70. The Kier molecular flexibility index (Phi) is 8.75. The minimum atomic E-state index is -0.300. The summed E-state index contributed by atoms with van der Waals surface area (Å²) in [5.74, 6) is 1.86. The number of fused-ring (bicyclic) bond motifs is 1. The molecular formula is C19H25N3O6S. The summed E-state index contributed by atoms with van der Waals surface area (Å²) in [5, 5.41) is 8.65. The summed E-state index contributed by atoms with van der Waals surface area (Å²) in [6, 6.07) is 5.24. The van der Waals surface area contributed by atoms with Crippen LogP contribution in [0.25, 0.3) is 11.3 Å². The Bertz CT molecular complexity index is 832. The summed E-state index contributed by atoms with van der Waals surface area (Å²) in [7, 11) is 0. The van der Waals surface area contributed by atoms with E-state index >= 15 is 0 Å². The SMILES string of the molecule is CCSc1nnc(-c2ccc3c(c2)OCCOCCOCCOCCO3)c(=O)[nH]1. The molecule has 0 amide bonds. The third-order valence-electron chi connectivity index (χ3n) is 3.89. The first-order chi connectivity index (χ1) is 14.3. The van der Waals surface area contributed by atoms with Gasteiger partial charge in [0.15, 0.2) is 22.3 Å². The van der Waals surface area contributed by atoms with Crippen LogP contribution in [0.3, 0.4) is 0 Å². The molecule has 2 heterocycles. The van der Waals surface area contributed by atoms with Gasteiger partial charge in [0, 0.05) is 5.56 Å². The standard InChI is InChI=1S/C19H25N3O6S/c1-2-29-19-20-18(23)17(21-22-19)14-3-4-15-16(13-14)28-12-10-26-8-6-24-5-7-25-9-11-27-15/h3-4,13H,2,5-12H2,1H3,(H,20,22,23). The fraction of sp³-hybridized carbons (Fsp3) is 0.526. The topological polar surface area (TPSA) is 105 Å². The summed E-state index contributed by atoms with van der Waals surface area (Å²) in [5.41, 5.74) is 0.521. The van der Waals surface area contributed by atoms with E-state index in [1.165, 1.54) is 11.8 Å². The van der Waals surface area contributed by atoms with Gasteiger partial charge in [-0.3, -0.25) is 9.78 Å². The van der Waals surface area contributed by atoms with Crippen molar-refractivity contribution in [3.05, 3.63) is 28.6 Å². The smallest absolute Gasteiger partial charge is 0.278 e. The number of thioether (sulfide) groups is 1. The van der Waals surface area contributed by atoms with E-state index in [1.54, 1.807) is 18.2 Å². The van der Waals surface area contributed by atoms with E-state index in [9.17, 15) is 4.79 Å². The molecule has 0 unspecified atom stereocenters. The van der Waals surface area contributed by atoms with Crippen LogP contribution < -0.4 is 15.0 Å². The molecule has 9 nitrogen and oxygen atoms in total. The van der Waals surface area contributed by atoms with Crippen molar-refractivity contribution in [2.45, 2.75) is 12.1 Å². The molecule has 1 aliphatic heterocycles. The monoisotopic (exact) mass is 423 g/mol. The highest BCUT2D eigenvalue weighted by Gasteiger charge is 2.13. The number of aromatic amines is 1. The van der Waals surface area contributed by atoms with Gasteiger partial charge >= 0.3 is 0 Å². The third-order valence-corrected chi connectivity index (χ3v) is 4.63. The molecule has 0 aliphatic carbocycles. The Balaban J connectivity index is 1.78. The summed E-state index contributed by atoms with van der Waals surface area (Å²) in [4.78, 5) is 15.1. The second-order valence-corrected chi connectivity index (χ2v) is 7.19. The van der Waals surface area contributed by atoms with Gasteiger partial charge in [0.1, 0.15) is 13.2 Å². The molecule has 0 radical (unpaired) electrons. The van der Waals surface area contributed by atoms with Crippen LogP contribution in [0, 0.1) is 0 Å². The zero-order valence-electron chi connectivity index (χ0n) is 16.3. The maximum atomic E-state index is 12.4. The van der Waals surface area contributed by atoms with Gasteiger partial charge in [-0.2, -0.15) is 0 Å². The van der Waals surface area contributed by atoms with Gasteiger partial charge in [0.25, 0.3) is 5.56 Å². The van der Waals surface area contributed by atoms with Crippen molar-refractivity contribution in [1.29, 1.82) is 0 Å². The molecule has 1 aromatic carbocycles. The number of benzene rings is 1. The number of H-pyrrole nitrogens is 1. The Morgan fingerprint density at radius 1 is 0.897 bits per heavy atom. The lowest BCUT2D eigenvalue weighted by atomic mass is 10.1. The Hall–Kier alpha value is -2.14. The van der Waals surface area contributed by atoms with Crippen molar-refractivity contribution in [3.8, 4) is 22.8 Å². The number of ether oxygens (including phenoxy) is 5. The van der Waals surface area contributed by atoms with Crippen LogP contribution in [0.4, 0.5) is 0 Å². The number of nitrogens with zero attached hydrogens (tertiary/aromatic N) is 2. The molecule has 0 fully saturated rings. The van der Waals surface area contributed by atoms with Gasteiger partial charge in [-0.05, 0) is 24.0 Å². The Labute approximate surface area is 173 Å². The van der Waals surface area contributed by atoms with Gasteiger partial charge < -0.3 is 23.7 Å². The molecule has 0 bridgehead atoms. The first-order valence-corrected chi connectivity index (χ1v) is 10.5. The van der Waals surface area contributed by atoms with Gasteiger partial charge in [0.2, 0.25) is 0 Å². The predicted octanol–water partition coefficient (Wildman–Crippen LogP) is 1.76. The minimum absolute atomic E-state index is 0.226. The highest BCUT2D eigenvalue weighted by atomic mass is 32.2. The maximum Gasteiger partial charge on any atom is 0.278 e. The molecule has 0 spiro atoms. The number of aromatic nitrogens is 3. The van der Waals surface area contributed by atoms with Crippen LogP contribution in [0.5, 0.6) is 11.5 Å². The van der Waals surface area contributed by atoms with E-state index < -0.39 is 0 Å².